The summed E-state index contributed by atoms with van der Waals surface area (Å²) in [5.41, 5.74) is 0.561. The summed E-state index contributed by atoms with van der Waals surface area (Å²) in [6.07, 6.45) is 5.44. The molecule has 2 saturated heterocycles. The first-order valence-electron chi connectivity index (χ1n) is 8.12. The van der Waals surface area contributed by atoms with E-state index in [0.29, 0.717) is 43.3 Å². The van der Waals surface area contributed by atoms with Crippen molar-refractivity contribution in [3.05, 3.63) is 23.0 Å². The molecular weight excluding hydrogens is 352 g/mol. The second kappa shape index (κ2) is 6.98. The van der Waals surface area contributed by atoms with Crippen LogP contribution in [0.15, 0.2) is 17.2 Å². The first kappa shape index (κ1) is 17.6. The van der Waals surface area contributed by atoms with Crippen LogP contribution in [0.3, 0.4) is 0 Å². The van der Waals surface area contributed by atoms with Crippen LogP contribution < -0.4 is 0 Å². The molecule has 0 saturated carbocycles. The van der Waals surface area contributed by atoms with E-state index in [0.717, 1.165) is 12.8 Å². The van der Waals surface area contributed by atoms with Crippen molar-refractivity contribution in [2.75, 3.05) is 26.0 Å². The number of sulfone groups is 1. The summed E-state index contributed by atoms with van der Waals surface area (Å²) in [4.78, 5) is 18.7. The summed E-state index contributed by atoms with van der Waals surface area (Å²) in [5.74, 6) is 0.0684. The number of ether oxygens (including phenoxy) is 1. The highest BCUT2D eigenvalue weighted by Gasteiger charge is 2.33. The SMILES string of the molecule is CS(=O)(=O)c1cc(Cl)cnc1C1CCN(C(=O)[C@H]2CCCO2)CC1. The molecule has 3 heterocycles. The smallest absolute Gasteiger partial charge is 0.251 e. The largest absolute Gasteiger partial charge is 0.368 e. The fourth-order valence-electron chi connectivity index (χ4n) is 3.38. The van der Waals surface area contributed by atoms with E-state index in [1.165, 1.54) is 18.5 Å². The highest BCUT2D eigenvalue weighted by molar-refractivity contribution is 7.90. The van der Waals surface area contributed by atoms with Gasteiger partial charge in [0, 0.05) is 38.1 Å². The van der Waals surface area contributed by atoms with Crippen LogP contribution in [-0.4, -0.2) is 56.3 Å². The number of aromatic nitrogens is 1. The summed E-state index contributed by atoms with van der Waals surface area (Å²) in [6, 6.07) is 1.46. The van der Waals surface area contributed by atoms with Crippen LogP contribution in [0.4, 0.5) is 0 Å². The Kier molecular flexibility index (Phi) is 5.13. The molecule has 0 unspecified atom stereocenters. The Balaban J connectivity index is 1.72. The van der Waals surface area contributed by atoms with Gasteiger partial charge in [0.1, 0.15) is 6.10 Å². The van der Waals surface area contributed by atoms with Gasteiger partial charge in [0.25, 0.3) is 5.91 Å². The van der Waals surface area contributed by atoms with E-state index < -0.39 is 9.84 Å². The zero-order chi connectivity index (χ0) is 17.3. The first-order chi connectivity index (χ1) is 11.4. The molecule has 0 N–H and O–H groups in total. The zero-order valence-corrected chi connectivity index (χ0v) is 15.1. The van der Waals surface area contributed by atoms with Crippen LogP contribution >= 0.6 is 11.6 Å². The van der Waals surface area contributed by atoms with E-state index >= 15 is 0 Å². The third-order valence-corrected chi connectivity index (χ3v) is 5.98. The number of hydrogen-bond acceptors (Lipinski definition) is 5. The number of rotatable bonds is 3. The number of carbonyl (C=O) groups excluding carboxylic acids is 1. The second-order valence-electron chi connectivity index (χ2n) is 6.41. The molecule has 8 heteroatoms. The fraction of sp³-hybridized carbons (Fsp3) is 0.625. The topological polar surface area (TPSA) is 76.6 Å². The Morgan fingerprint density at radius 3 is 2.62 bits per heavy atom. The minimum absolute atomic E-state index is 0.0144. The maximum Gasteiger partial charge on any atom is 0.251 e. The van der Waals surface area contributed by atoms with E-state index in [-0.39, 0.29) is 22.8 Å². The number of pyridine rings is 1. The average molecular weight is 373 g/mol. The first-order valence-corrected chi connectivity index (χ1v) is 10.4. The van der Waals surface area contributed by atoms with Gasteiger partial charge in [0.15, 0.2) is 9.84 Å². The molecule has 2 fully saturated rings. The molecular formula is C16H21ClN2O4S. The van der Waals surface area contributed by atoms with Gasteiger partial charge in [-0.1, -0.05) is 11.6 Å². The van der Waals surface area contributed by atoms with E-state index in [9.17, 15) is 13.2 Å². The molecule has 0 radical (unpaired) electrons. The van der Waals surface area contributed by atoms with E-state index in [1.807, 2.05) is 4.90 Å². The van der Waals surface area contributed by atoms with Crippen molar-refractivity contribution in [1.29, 1.82) is 0 Å². The second-order valence-corrected chi connectivity index (χ2v) is 8.83. The molecule has 0 bridgehead atoms. The molecule has 24 heavy (non-hydrogen) atoms. The van der Waals surface area contributed by atoms with Crippen molar-refractivity contribution in [3.8, 4) is 0 Å². The van der Waals surface area contributed by atoms with Crippen molar-refractivity contribution in [1.82, 2.24) is 9.88 Å². The number of halogens is 1. The summed E-state index contributed by atoms with van der Waals surface area (Å²) >= 11 is 5.91. The van der Waals surface area contributed by atoms with Crippen molar-refractivity contribution < 1.29 is 17.9 Å². The van der Waals surface area contributed by atoms with Crippen LogP contribution in [0.25, 0.3) is 0 Å². The van der Waals surface area contributed by atoms with Crippen LogP contribution in [-0.2, 0) is 19.4 Å². The van der Waals surface area contributed by atoms with Crippen molar-refractivity contribution in [2.24, 2.45) is 0 Å². The van der Waals surface area contributed by atoms with Crippen LogP contribution in [0, 0.1) is 0 Å². The molecule has 0 aliphatic carbocycles. The summed E-state index contributed by atoms with van der Waals surface area (Å²) < 4.78 is 29.5. The van der Waals surface area contributed by atoms with Gasteiger partial charge in [0.2, 0.25) is 0 Å². The standard InChI is InChI=1S/C16H21ClN2O4S/c1-24(21,22)14-9-12(17)10-18-15(14)11-4-6-19(7-5-11)16(20)13-3-2-8-23-13/h9-11,13H,2-8H2,1H3/t13-/m1/s1. The summed E-state index contributed by atoms with van der Waals surface area (Å²) in [6.45, 7) is 1.84. The maximum absolute atomic E-state index is 12.4. The predicted octanol–water partition coefficient (Wildman–Crippen LogP) is 2.02. The number of likely N-dealkylation sites (tertiary alicyclic amines) is 1. The lowest BCUT2D eigenvalue weighted by Crippen LogP contribution is -2.43. The lowest BCUT2D eigenvalue weighted by molar-refractivity contribution is -0.142. The lowest BCUT2D eigenvalue weighted by Gasteiger charge is -2.33. The number of amides is 1. The van der Waals surface area contributed by atoms with Gasteiger partial charge in [-0.3, -0.25) is 9.78 Å². The van der Waals surface area contributed by atoms with Gasteiger partial charge in [-0.15, -0.1) is 0 Å². The number of carbonyl (C=O) groups is 1. The van der Waals surface area contributed by atoms with Crippen LogP contribution in [0.2, 0.25) is 5.02 Å². The summed E-state index contributed by atoms with van der Waals surface area (Å²) in [5, 5.41) is 0.310. The van der Waals surface area contributed by atoms with Gasteiger partial charge in [-0.2, -0.15) is 0 Å². The Morgan fingerprint density at radius 1 is 1.33 bits per heavy atom. The lowest BCUT2D eigenvalue weighted by atomic mass is 9.92. The van der Waals surface area contributed by atoms with E-state index in [1.54, 1.807) is 0 Å². The van der Waals surface area contributed by atoms with Crippen molar-refractivity contribution in [3.63, 3.8) is 0 Å². The predicted molar refractivity (Wildman–Crippen MR) is 89.9 cm³/mol. The molecule has 1 aromatic rings. The Labute approximate surface area is 147 Å². The quantitative estimate of drug-likeness (QED) is 0.811. The molecule has 6 nitrogen and oxygen atoms in total. The minimum atomic E-state index is -3.40. The highest BCUT2D eigenvalue weighted by atomic mass is 35.5. The molecule has 1 atom stereocenters. The Bertz CT molecular complexity index is 724. The number of nitrogens with zero attached hydrogens (tertiary/aromatic N) is 2. The average Bonchev–Trinajstić information content (AvgIpc) is 3.08. The van der Waals surface area contributed by atoms with Gasteiger partial charge >= 0.3 is 0 Å². The van der Waals surface area contributed by atoms with Crippen molar-refractivity contribution in [2.45, 2.75) is 42.6 Å². The van der Waals surface area contributed by atoms with Gasteiger partial charge in [-0.05, 0) is 31.7 Å². The zero-order valence-electron chi connectivity index (χ0n) is 13.6. The third-order valence-electron chi connectivity index (χ3n) is 4.65. The molecule has 132 valence electrons. The Hall–Kier alpha value is -1.18. The van der Waals surface area contributed by atoms with Crippen molar-refractivity contribution >= 4 is 27.3 Å². The number of piperidine rings is 1. The van der Waals surface area contributed by atoms with E-state index in [2.05, 4.69) is 4.98 Å². The Morgan fingerprint density at radius 2 is 2.04 bits per heavy atom. The monoisotopic (exact) mass is 372 g/mol. The normalized spacial score (nSPS) is 22.8. The van der Waals surface area contributed by atoms with Gasteiger partial charge < -0.3 is 9.64 Å². The molecule has 1 aromatic heterocycles. The maximum atomic E-state index is 12.4. The molecule has 1 amide bonds. The highest BCUT2D eigenvalue weighted by Crippen LogP contribution is 2.32. The van der Waals surface area contributed by atoms with E-state index in [4.69, 9.17) is 16.3 Å². The minimum Gasteiger partial charge on any atom is -0.368 e. The molecule has 2 aliphatic heterocycles. The van der Waals surface area contributed by atoms with Gasteiger partial charge in [0.05, 0.1) is 15.6 Å². The number of hydrogen-bond donors (Lipinski definition) is 0. The fourth-order valence-corrected chi connectivity index (χ4v) is 4.55. The molecule has 0 aromatic carbocycles. The molecule has 0 spiro atoms. The van der Waals surface area contributed by atoms with Crippen LogP contribution in [0.1, 0.15) is 37.3 Å². The van der Waals surface area contributed by atoms with Crippen LogP contribution in [0.5, 0.6) is 0 Å². The molecule has 2 aliphatic rings. The third kappa shape index (κ3) is 3.73. The summed E-state index contributed by atoms with van der Waals surface area (Å²) in [7, 11) is -3.40. The molecule has 3 rings (SSSR count). The van der Waals surface area contributed by atoms with Gasteiger partial charge in [-0.25, -0.2) is 8.42 Å².